The van der Waals surface area contributed by atoms with E-state index in [0.29, 0.717) is 45.9 Å². The van der Waals surface area contributed by atoms with Crippen LogP contribution < -0.4 is 14.9 Å². The van der Waals surface area contributed by atoms with Gasteiger partial charge in [0.25, 0.3) is 0 Å². The van der Waals surface area contributed by atoms with E-state index in [1.165, 1.54) is 14.2 Å². The van der Waals surface area contributed by atoms with Crippen LogP contribution in [0, 0.1) is 5.41 Å². The van der Waals surface area contributed by atoms with Gasteiger partial charge in [0, 0.05) is 68.9 Å². The first-order valence-electron chi connectivity index (χ1n) is 14.2. The molecule has 46 heavy (non-hydrogen) atoms. The quantitative estimate of drug-likeness (QED) is 0.152. The summed E-state index contributed by atoms with van der Waals surface area (Å²) in [7, 11) is 5.34. The van der Waals surface area contributed by atoms with Gasteiger partial charge in [-0.3, -0.25) is 0 Å². The van der Waals surface area contributed by atoms with Crippen molar-refractivity contribution in [1.82, 2.24) is 9.97 Å². The van der Waals surface area contributed by atoms with Crippen LogP contribution in [0.3, 0.4) is 0 Å². The van der Waals surface area contributed by atoms with Gasteiger partial charge in [-0.2, -0.15) is 0 Å². The van der Waals surface area contributed by atoms with Crippen LogP contribution >= 0.6 is 23.2 Å². The summed E-state index contributed by atoms with van der Waals surface area (Å²) < 4.78 is 31.8. The van der Waals surface area contributed by atoms with E-state index in [0.717, 1.165) is 38.4 Å². The molecule has 2 N–H and O–H groups in total. The maximum Gasteiger partial charge on any atom is 0.495 e. The smallest absolute Gasteiger partial charge is 0.493 e. The van der Waals surface area contributed by atoms with Gasteiger partial charge < -0.3 is 38.2 Å². The fourth-order valence-corrected chi connectivity index (χ4v) is 5.66. The molecule has 0 radical (unpaired) electrons. The van der Waals surface area contributed by atoms with Crippen LogP contribution in [-0.2, 0) is 18.8 Å². The molecule has 13 heteroatoms. The monoisotopic (exact) mass is 666 g/mol. The number of benzene rings is 3. The zero-order valence-electron chi connectivity index (χ0n) is 26.2. The Kier molecular flexibility index (Phi) is 9.88. The number of fused-ring (bicyclic) bond motifs is 2. The molecule has 1 aliphatic rings. The van der Waals surface area contributed by atoms with E-state index >= 15 is 0 Å². The molecular weight excluding hydrogens is 634 g/mol. The SMILES string of the molecule is COC(=O)c1c[nH]c2cc(Cl)c(-c3ccc(OC)c(OC)c3)cc12.COC(=O)c1c[nH]c2cc(Cl)c(B3OCC(C)(C)CO3)cc12. The number of H-pyrrole nitrogens is 2. The average Bonchev–Trinajstić information content (AvgIpc) is 3.66. The number of carbonyl (C=O) groups is 2. The third-order valence-electron chi connectivity index (χ3n) is 7.58. The van der Waals surface area contributed by atoms with Crippen LogP contribution in [0.4, 0.5) is 0 Å². The molecule has 3 aromatic carbocycles. The predicted molar refractivity (Wildman–Crippen MR) is 179 cm³/mol. The Morgan fingerprint density at radius 3 is 1.85 bits per heavy atom. The number of nitrogens with one attached hydrogen (secondary N) is 2. The van der Waals surface area contributed by atoms with Crippen LogP contribution in [0.25, 0.3) is 32.9 Å². The number of aromatic nitrogens is 2. The van der Waals surface area contributed by atoms with Crippen molar-refractivity contribution in [2.24, 2.45) is 5.41 Å². The lowest BCUT2D eigenvalue weighted by Crippen LogP contribution is -2.47. The summed E-state index contributed by atoms with van der Waals surface area (Å²) >= 11 is 12.8. The first-order chi connectivity index (χ1) is 22.0. The largest absolute Gasteiger partial charge is 0.495 e. The van der Waals surface area contributed by atoms with E-state index in [2.05, 4.69) is 23.8 Å². The summed E-state index contributed by atoms with van der Waals surface area (Å²) in [5.74, 6) is 0.441. The second-order valence-corrected chi connectivity index (χ2v) is 12.2. The average molecular weight is 667 g/mol. The molecule has 10 nitrogen and oxygen atoms in total. The lowest BCUT2D eigenvalue weighted by molar-refractivity contribution is 0.0343. The molecule has 1 fully saturated rings. The molecule has 0 saturated carbocycles. The first kappa shape index (κ1) is 33.2. The predicted octanol–water partition coefficient (Wildman–Crippen LogP) is 6.67. The van der Waals surface area contributed by atoms with Gasteiger partial charge in [-0.05, 0) is 35.9 Å². The molecule has 0 spiro atoms. The minimum Gasteiger partial charge on any atom is -0.493 e. The van der Waals surface area contributed by atoms with Crippen LogP contribution in [0.1, 0.15) is 34.6 Å². The number of halogens is 2. The molecule has 1 aliphatic heterocycles. The van der Waals surface area contributed by atoms with Crippen LogP contribution in [0.2, 0.25) is 10.0 Å². The topological polar surface area (TPSA) is 121 Å². The Morgan fingerprint density at radius 2 is 1.30 bits per heavy atom. The molecular formula is C33H33BCl2N2O8. The van der Waals surface area contributed by atoms with E-state index in [1.54, 1.807) is 38.7 Å². The summed E-state index contributed by atoms with van der Waals surface area (Å²) in [4.78, 5) is 29.8. The van der Waals surface area contributed by atoms with Gasteiger partial charge in [0.1, 0.15) is 0 Å². The van der Waals surface area contributed by atoms with Crippen molar-refractivity contribution in [3.63, 3.8) is 0 Å². The van der Waals surface area contributed by atoms with E-state index in [-0.39, 0.29) is 5.41 Å². The minimum atomic E-state index is -0.523. The summed E-state index contributed by atoms with van der Waals surface area (Å²) in [6.45, 7) is 5.33. The highest BCUT2D eigenvalue weighted by molar-refractivity contribution is 6.65. The van der Waals surface area contributed by atoms with Crippen molar-refractivity contribution in [2.45, 2.75) is 13.8 Å². The first-order valence-corrected chi connectivity index (χ1v) is 15.0. The lowest BCUT2D eigenvalue weighted by Gasteiger charge is -2.33. The number of rotatable bonds is 6. The number of ether oxygens (including phenoxy) is 4. The summed E-state index contributed by atoms with van der Waals surface area (Å²) in [5, 5.41) is 2.59. The molecule has 1 saturated heterocycles. The highest BCUT2D eigenvalue weighted by atomic mass is 35.5. The molecule has 6 rings (SSSR count). The molecule has 0 aliphatic carbocycles. The molecule has 5 aromatic rings. The zero-order chi connectivity index (χ0) is 33.2. The minimum absolute atomic E-state index is 0.0155. The Morgan fingerprint density at radius 1 is 0.761 bits per heavy atom. The fourth-order valence-electron chi connectivity index (χ4n) is 5.14. The highest BCUT2D eigenvalue weighted by Gasteiger charge is 2.35. The number of aromatic amines is 2. The Balaban J connectivity index is 0.000000182. The molecule has 0 unspecified atom stereocenters. The number of methoxy groups -OCH3 is 4. The molecule has 0 amide bonds. The Bertz CT molecular complexity index is 1910. The van der Waals surface area contributed by atoms with Crippen LogP contribution in [0.5, 0.6) is 11.5 Å². The van der Waals surface area contributed by atoms with Crippen molar-refractivity contribution >= 4 is 69.5 Å². The standard InChI is InChI=1S/C18H16ClNO4.C15H17BClNO4/c1-22-16-5-4-10(6-17(16)23-2)11-7-12-13(18(21)24-3)9-20-15(12)8-14(11)19;1-15(2)7-21-16(22-8-15)11-4-9-10(14(19)20-3)6-18-13(9)5-12(11)17/h4-9,20H,1-3H3;4-6,18H,7-8H2,1-3H3. The molecule has 0 bridgehead atoms. The van der Waals surface area contributed by atoms with Gasteiger partial charge in [0.15, 0.2) is 11.5 Å². The molecule has 240 valence electrons. The van der Waals surface area contributed by atoms with Gasteiger partial charge in [-0.1, -0.05) is 49.2 Å². The van der Waals surface area contributed by atoms with E-state index in [9.17, 15) is 9.59 Å². The molecule has 3 heterocycles. The lowest BCUT2D eigenvalue weighted by atomic mass is 9.75. The zero-order valence-corrected chi connectivity index (χ0v) is 27.7. The van der Waals surface area contributed by atoms with Crippen molar-refractivity contribution < 1.29 is 37.8 Å². The fraction of sp³-hybridized carbons (Fsp3) is 0.273. The van der Waals surface area contributed by atoms with E-state index < -0.39 is 19.1 Å². The highest BCUT2D eigenvalue weighted by Crippen LogP contribution is 2.38. The van der Waals surface area contributed by atoms with Gasteiger partial charge in [0.2, 0.25) is 0 Å². The normalized spacial score (nSPS) is 14.0. The third kappa shape index (κ3) is 6.68. The summed E-state index contributed by atoms with van der Waals surface area (Å²) in [6, 6.07) is 12.8. The summed E-state index contributed by atoms with van der Waals surface area (Å²) in [6.07, 6.45) is 3.23. The number of hydrogen-bond donors (Lipinski definition) is 2. The third-order valence-corrected chi connectivity index (χ3v) is 8.22. The second-order valence-electron chi connectivity index (χ2n) is 11.4. The second kappa shape index (κ2) is 13.7. The summed E-state index contributed by atoms with van der Waals surface area (Å²) in [5.41, 5.74) is 4.81. The number of esters is 2. The van der Waals surface area contributed by atoms with Gasteiger partial charge >= 0.3 is 19.1 Å². The maximum atomic E-state index is 11.9. The van der Waals surface area contributed by atoms with E-state index in [4.69, 9.17) is 51.5 Å². The Hall–Kier alpha value is -4.16. The van der Waals surface area contributed by atoms with Crippen LogP contribution in [0.15, 0.2) is 54.9 Å². The number of carbonyl (C=O) groups excluding carboxylic acids is 2. The molecule has 2 aromatic heterocycles. The van der Waals surface area contributed by atoms with Gasteiger partial charge in [-0.25, -0.2) is 9.59 Å². The van der Waals surface area contributed by atoms with Gasteiger partial charge in [-0.15, -0.1) is 0 Å². The molecule has 0 atom stereocenters. The van der Waals surface area contributed by atoms with Crippen LogP contribution in [-0.4, -0.2) is 70.7 Å². The van der Waals surface area contributed by atoms with E-state index in [1.807, 2.05) is 30.3 Å². The maximum absolute atomic E-state index is 11.9. The van der Waals surface area contributed by atoms with Gasteiger partial charge in [0.05, 0.1) is 44.6 Å². The van der Waals surface area contributed by atoms with Crippen molar-refractivity contribution in [3.8, 4) is 22.6 Å². The number of hydrogen-bond acceptors (Lipinski definition) is 8. The van der Waals surface area contributed by atoms with Crippen molar-refractivity contribution in [3.05, 3.63) is 76.0 Å². The Labute approximate surface area is 276 Å². The van der Waals surface area contributed by atoms with Crippen molar-refractivity contribution in [1.29, 1.82) is 0 Å². The van der Waals surface area contributed by atoms with Crippen molar-refractivity contribution in [2.75, 3.05) is 41.7 Å².